The molecule has 1 heterocycles. The lowest BCUT2D eigenvalue weighted by molar-refractivity contribution is -0.123. The van der Waals surface area contributed by atoms with Crippen LogP contribution in [-0.2, 0) is 38.3 Å². The number of benzene rings is 3. The summed E-state index contributed by atoms with van der Waals surface area (Å²) in [7, 11) is 0. The van der Waals surface area contributed by atoms with Gasteiger partial charge in [-0.3, -0.25) is 4.79 Å². The zero-order valence-corrected chi connectivity index (χ0v) is 25.6. The number of carbonyl (C=O) groups excluding carboxylic acids is 2. The van der Waals surface area contributed by atoms with Crippen molar-refractivity contribution in [2.75, 3.05) is 38.3 Å². The molecule has 0 saturated carbocycles. The minimum Gasteiger partial charge on any atom is -0.444 e. The topological polar surface area (TPSA) is 112 Å². The molecule has 0 unspecified atom stereocenters. The van der Waals surface area contributed by atoms with Gasteiger partial charge in [-0.15, -0.1) is 0 Å². The molecular formula is C35H40N4O5. The highest BCUT2D eigenvalue weighted by molar-refractivity contribution is 5.90. The number of ketones is 1. The lowest BCUT2D eigenvalue weighted by Crippen LogP contribution is -2.34. The number of aromatic nitrogens is 2. The van der Waals surface area contributed by atoms with Crippen molar-refractivity contribution >= 4 is 28.6 Å². The van der Waals surface area contributed by atoms with E-state index >= 15 is 0 Å². The molecule has 1 amide bonds. The smallest absolute Gasteiger partial charge is 0.407 e. The predicted molar refractivity (Wildman–Crippen MR) is 171 cm³/mol. The van der Waals surface area contributed by atoms with E-state index in [0.29, 0.717) is 32.2 Å². The number of alkyl carbamates (subject to hydrolysis) is 1. The molecule has 230 valence electrons. The molecule has 1 aliphatic rings. The quantitative estimate of drug-likeness (QED) is 0.194. The van der Waals surface area contributed by atoms with Crippen LogP contribution < -0.4 is 10.6 Å². The van der Waals surface area contributed by atoms with E-state index in [0.717, 1.165) is 40.7 Å². The Morgan fingerprint density at radius 3 is 2.25 bits per heavy atom. The molecule has 0 fully saturated rings. The highest BCUT2D eigenvalue weighted by Crippen LogP contribution is 2.29. The second-order valence-corrected chi connectivity index (χ2v) is 11.9. The Labute approximate surface area is 258 Å². The number of carbonyl (C=O) groups is 2. The summed E-state index contributed by atoms with van der Waals surface area (Å²) in [6, 6.07) is 24.7. The third kappa shape index (κ3) is 8.84. The number of para-hydroxylation sites is 1. The highest BCUT2D eigenvalue weighted by atomic mass is 16.6. The Bertz CT molecular complexity index is 1560. The summed E-state index contributed by atoms with van der Waals surface area (Å²) in [4.78, 5) is 33.8. The normalized spacial score (nSPS) is 13.1. The second kappa shape index (κ2) is 14.4. The van der Waals surface area contributed by atoms with Crippen LogP contribution in [0, 0.1) is 0 Å². The molecule has 5 rings (SSSR count). The number of ether oxygens (including phenoxy) is 3. The van der Waals surface area contributed by atoms with Crippen LogP contribution in [0.25, 0.3) is 22.3 Å². The van der Waals surface area contributed by atoms with E-state index in [1.807, 2.05) is 63.2 Å². The van der Waals surface area contributed by atoms with Crippen LogP contribution in [0.1, 0.15) is 37.5 Å². The van der Waals surface area contributed by atoms with Crippen LogP contribution >= 0.6 is 0 Å². The van der Waals surface area contributed by atoms with Crippen molar-refractivity contribution in [3.63, 3.8) is 0 Å². The molecular weight excluding hydrogens is 556 g/mol. The molecule has 0 bridgehead atoms. The van der Waals surface area contributed by atoms with Crippen LogP contribution in [0.15, 0.2) is 72.8 Å². The first-order chi connectivity index (χ1) is 21.2. The SMILES string of the molecule is CC(C)(C)OC(=O)NCCOCCOCC(=O)Cc1ccc(-c2nc(NC3Cc4ccccc4C3)c3ccccc3n2)cc1. The standard InChI is InChI=1S/C35H40N4O5/c1-35(2,3)44-34(41)36-16-17-42-18-19-43-23-29(40)20-24-12-14-25(15-13-24)32-38-31-11-7-6-10-30(31)33(39-32)37-28-21-26-8-4-5-9-27(26)22-28/h4-15,28H,16-23H2,1-3H3,(H,36,41)(H,37,38,39). The van der Waals surface area contributed by atoms with Gasteiger partial charge in [0.25, 0.3) is 0 Å². The van der Waals surface area contributed by atoms with E-state index in [9.17, 15) is 9.59 Å². The summed E-state index contributed by atoms with van der Waals surface area (Å²) in [5, 5.41) is 7.31. The van der Waals surface area contributed by atoms with E-state index < -0.39 is 11.7 Å². The molecule has 0 spiro atoms. The van der Waals surface area contributed by atoms with Crippen LogP contribution in [-0.4, -0.2) is 66.5 Å². The monoisotopic (exact) mass is 596 g/mol. The van der Waals surface area contributed by atoms with Gasteiger partial charge in [-0.25, -0.2) is 14.8 Å². The van der Waals surface area contributed by atoms with E-state index in [-0.39, 0.29) is 24.9 Å². The molecule has 9 nitrogen and oxygen atoms in total. The van der Waals surface area contributed by atoms with Crippen LogP contribution in [0.4, 0.5) is 10.6 Å². The van der Waals surface area contributed by atoms with Gasteiger partial charge in [-0.05, 0) is 62.4 Å². The Hall–Kier alpha value is -4.34. The third-order valence-electron chi connectivity index (χ3n) is 7.16. The maximum atomic E-state index is 12.5. The molecule has 4 aromatic rings. The largest absolute Gasteiger partial charge is 0.444 e. The fourth-order valence-corrected chi connectivity index (χ4v) is 5.17. The third-order valence-corrected chi connectivity index (χ3v) is 7.16. The fourth-order valence-electron chi connectivity index (χ4n) is 5.17. The number of anilines is 1. The number of hydrogen-bond donors (Lipinski definition) is 2. The Morgan fingerprint density at radius 2 is 1.52 bits per heavy atom. The van der Waals surface area contributed by atoms with E-state index in [2.05, 4.69) is 41.0 Å². The van der Waals surface area contributed by atoms with Crippen molar-refractivity contribution < 1.29 is 23.8 Å². The van der Waals surface area contributed by atoms with Gasteiger partial charge >= 0.3 is 6.09 Å². The summed E-state index contributed by atoms with van der Waals surface area (Å²) in [6.07, 6.45) is 1.73. The molecule has 2 N–H and O–H groups in total. The molecule has 9 heteroatoms. The van der Waals surface area contributed by atoms with Gasteiger partial charge in [0.15, 0.2) is 11.6 Å². The molecule has 0 saturated heterocycles. The number of nitrogens with zero attached hydrogens (tertiary/aromatic N) is 2. The van der Waals surface area contributed by atoms with Gasteiger partial charge in [-0.2, -0.15) is 0 Å². The summed E-state index contributed by atoms with van der Waals surface area (Å²) in [5.41, 5.74) is 4.91. The summed E-state index contributed by atoms with van der Waals surface area (Å²) < 4.78 is 16.1. The number of hydrogen-bond acceptors (Lipinski definition) is 8. The summed E-state index contributed by atoms with van der Waals surface area (Å²) in [6.45, 7) is 6.71. The zero-order valence-electron chi connectivity index (χ0n) is 25.6. The number of amides is 1. The van der Waals surface area contributed by atoms with E-state index in [1.165, 1.54) is 11.1 Å². The van der Waals surface area contributed by atoms with Gasteiger partial charge < -0.3 is 24.8 Å². The fraction of sp³-hybridized carbons (Fsp3) is 0.371. The lowest BCUT2D eigenvalue weighted by atomic mass is 10.1. The second-order valence-electron chi connectivity index (χ2n) is 11.9. The van der Waals surface area contributed by atoms with Crippen molar-refractivity contribution in [3.05, 3.63) is 89.5 Å². The Kier molecular flexibility index (Phi) is 10.2. The first kappa shape index (κ1) is 31.1. The minimum atomic E-state index is -0.538. The molecule has 3 aromatic carbocycles. The molecule has 0 radical (unpaired) electrons. The summed E-state index contributed by atoms with van der Waals surface area (Å²) >= 11 is 0. The number of nitrogens with one attached hydrogen (secondary N) is 2. The van der Waals surface area contributed by atoms with Gasteiger partial charge in [0, 0.05) is 30.0 Å². The number of Topliss-reactive ketones (excluding diaryl/α,β-unsaturated/α-hetero) is 1. The van der Waals surface area contributed by atoms with E-state index in [1.54, 1.807) is 0 Å². The van der Waals surface area contributed by atoms with Gasteiger partial charge in [0.1, 0.15) is 18.0 Å². The average Bonchev–Trinajstić information content (AvgIpc) is 3.40. The molecule has 0 aliphatic heterocycles. The van der Waals surface area contributed by atoms with Crippen LogP contribution in [0.3, 0.4) is 0 Å². The van der Waals surface area contributed by atoms with Gasteiger partial charge in [0.2, 0.25) is 0 Å². The number of fused-ring (bicyclic) bond motifs is 2. The first-order valence-electron chi connectivity index (χ1n) is 15.1. The van der Waals surface area contributed by atoms with Crippen LogP contribution in [0.5, 0.6) is 0 Å². The molecule has 44 heavy (non-hydrogen) atoms. The minimum absolute atomic E-state index is 0.00905. The maximum Gasteiger partial charge on any atom is 0.407 e. The molecule has 1 aliphatic carbocycles. The van der Waals surface area contributed by atoms with Gasteiger partial charge in [-0.1, -0.05) is 60.7 Å². The van der Waals surface area contributed by atoms with Gasteiger partial charge in [0.05, 0.1) is 25.3 Å². The van der Waals surface area contributed by atoms with E-state index in [4.69, 9.17) is 24.2 Å². The Morgan fingerprint density at radius 1 is 0.841 bits per heavy atom. The first-order valence-corrected chi connectivity index (χ1v) is 15.1. The van der Waals surface area contributed by atoms with Crippen molar-refractivity contribution in [3.8, 4) is 11.4 Å². The zero-order chi connectivity index (χ0) is 30.9. The van der Waals surface area contributed by atoms with Crippen molar-refractivity contribution in [1.82, 2.24) is 15.3 Å². The van der Waals surface area contributed by atoms with Crippen molar-refractivity contribution in [2.24, 2.45) is 0 Å². The number of rotatable bonds is 13. The Balaban J connectivity index is 1.09. The highest BCUT2D eigenvalue weighted by Gasteiger charge is 2.22. The van der Waals surface area contributed by atoms with Crippen molar-refractivity contribution in [2.45, 2.75) is 51.7 Å². The average molecular weight is 597 g/mol. The van der Waals surface area contributed by atoms with Crippen LogP contribution in [0.2, 0.25) is 0 Å². The predicted octanol–water partition coefficient (Wildman–Crippen LogP) is 5.55. The molecule has 1 aromatic heterocycles. The lowest BCUT2D eigenvalue weighted by Gasteiger charge is -2.19. The summed E-state index contributed by atoms with van der Waals surface area (Å²) in [5.74, 6) is 1.46. The maximum absolute atomic E-state index is 12.5. The molecule has 0 atom stereocenters. The van der Waals surface area contributed by atoms with Crippen molar-refractivity contribution in [1.29, 1.82) is 0 Å².